The summed E-state index contributed by atoms with van der Waals surface area (Å²) in [6, 6.07) is 14.1. The van der Waals surface area contributed by atoms with E-state index in [1.54, 1.807) is 24.5 Å². The molecule has 2 unspecified atom stereocenters. The van der Waals surface area contributed by atoms with Crippen LogP contribution in [-0.4, -0.2) is 31.7 Å². The quantitative estimate of drug-likeness (QED) is 0.565. The zero-order chi connectivity index (χ0) is 22.8. The average Bonchev–Trinajstić information content (AvgIpc) is 3.43. The SMILES string of the molecule is CC1=C(c2ccccc2)C(CC(O)C2CCC(C(=O)Nc3ccncc3)CC2)n2cncc21. The van der Waals surface area contributed by atoms with Gasteiger partial charge in [0.1, 0.15) is 0 Å². The van der Waals surface area contributed by atoms with Crippen molar-refractivity contribution in [3.8, 4) is 0 Å². The maximum atomic E-state index is 12.7. The number of hydrogen-bond donors (Lipinski definition) is 2. The third-order valence-electron chi connectivity index (χ3n) is 7.31. The highest BCUT2D eigenvalue weighted by Gasteiger charge is 2.35. The van der Waals surface area contributed by atoms with E-state index in [1.807, 2.05) is 18.6 Å². The minimum absolute atomic E-state index is 0.00429. The predicted octanol–water partition coefficient (Wildman–Crippen LogP) is 4.96. The fraction of sp³-hybridized carbons (Fsp3) is 0.370. The van der Waals surface area contributed by atoms with Crippen LogP contribution in [0, 0.1) is 11.8 Å². The van der Waals surface area contributed by atoms with Crippen molar-refractivity contribution in [2.24, 2.45) is 11.8 Å². The van der Waals surface area contributed by atoms with Crippen molar-refractivity contribution in [1.82, 2.24) is 14.5 Å². The second-order valence-electron chi connectivity index (χ2n) is 9.25. The fourth-order valence-electron chi connectivity index (χ4n) is 5.50. The average molecular weight is 443 g/mol. The first-order valence-electron chi connectivity index (χ1n) is 11.8. The van der Waals surface area contributed by atoms with Gasteiger partial charge in [-0.3, -0.25) is 9.78 Å². The molecule has 1 aliphatic carbocycles. The van der Waals surface area contributed by atoms with Gasteiger partial charge in [-0.15, -0.1) is 0 Å². The topological polar surface area (TPSA) is 80.0 Å². The minimum atomic E-state index is -0.418. The number of fused-ring (bicyclic) bond motifs is 1. The minimum Gasteiger partial charge on any atom is -0.393 e. The molecule has 0 saturated heterocycles. The summed E-state index contributed by atoms with van der Waals surface area (Å²) in [7, 11) is 0. The first-order valence-corrected chi connectivity index (χ1v) is 11.8. The number of anilines is 1. The fourth-order valence-corrected chi connectivity index (χ4v) is 5.50. The Labute approximate surface area is 194 Å². The smallest absolute Gasteiger partial charge is 0.227 e. The van der Waals surface area contributed by atoms with Crippen molar-refractivity contribution in [2.45, 2.75) is 51.2 Å². The van der Waals surface area contributed by atoms with E-state index >= 15 is 0 Å². The number of aliphatic hydroxyl groups is 1. The molecule has 33 heavy (non-hydrogen) atoms. The van der Waals surface area contributed by atoms with Crippen LogP contribution in [0.1, 0.15) is 56.3 Å². The molecule has 1 aliphatic heterocycles. The van der Waals surface area contributed by atoms with Crippen LogP contribution in [0.2, 0.25) is 0 Å². The zero-order valence-electron chi connectivity index (χ0n) is 18.9. The molecule has 3 aromatic rings. The summed E-state index contributed by atoms with van der Waals surface area (Å²) in [5.41, 5.74) is 5.62. The van der Waals surface area contributed by atoms with Gasteiger partial charge in [0.2, 0.25) is 5.91 Å². The summed E-state index contributed by atoms with van der Waals surface area (Å²) >= 11 is 0. The van der Waals surface area contributed by atoms with Crippen molar-refractivity contribution >= 4 is 22.7 Å². The lowest BCUT2D eigenvalue weighted by atomic mass is 9.77. The molecule has 1 fully saturated rings. The maximum Gasteiger partial charge on any atom is 0.227 e. The number of amides is 1. The molecular formula is C27H30N4O2. The molecule has 2 atom stereocenters. The van der Waals surface area contributed by atoms with E-state index in [1.165, 1.54) is 16.7 Å². The Hall–Kier alpha value is -3.25. The number of nitrogens with one attached hydrogen (secondary N) is 1. The second kappa shape index (κ2) is 9.32. The highest BCUT2D eigenvalue weighted by atomic mass is 16.3. The van der Waals surface area contributed by atoms with E-state index in [0.717, 1.165) is 37.1 Å². The molecule has 0 spiro atoms. The monoisotopic (exact) mass is 442 g/mol. The van der Waals surface area contributed by atoms with Gasteiger partial charge in [0, 0.05) is 24.0 Å². The van der Waals surface area contributed by atoms with E-state index < -0.39 is 6.10 Å². The first kappa shape index (κ1) is 21.6. The Bertz CT molecular complexity index is 1130. The summed E-state index contributed by atoms with van der Waals surface area (Å²) in [4.78, 5) is 21.0. The normalized spacial score (nSPS) is 23.3. The van der Waals surface area contributed by atoms with E-state index in [-0.39, 0.29) is 23.8 Å². The van der Waals surface area contributed by atoms with Gasteiger partial charge in [-0.25, -0.2) is 4.98 Å². The molecular weight excluding hydrogens is 412 g/mol. The number of pyridine rings is 1. The van der Waals surface area contributed by atoms with Crippen molar-refractivity contribution < 1.29 is 9.90 Å². The van der Waals surface area contributed by atoms with Gasteiger partial charge in [0.15, 0.2) is 0 Å². The molecule has 0 radical (unpaired) electrons. The van der Waals surface area contributed by atoms with Gasteiger partial charge in [-0.1, -0.05) is 30.3 Å². The standard InChI is InChI=1S/C27H30N4O2/c1-18-24-16-29-17-31(24)23(26(18)20-5-3-2-4-6-20)15-25(32)19-7-9-21(10-8-19)27(33)30-22-11-13-28-14-12-22/h2-6,11-14,16-17,19,21,23,25,32H,7-10,15H2,1H3,(H,28,30,33). The summed E-state index contributed by atoms with van der Waals surface area (Å²) in [5.74, 6) is 0.271. The molecule has 1 amide bonds. The molecule has 0 bridgehead atoms. The molecule has 1 aromatic carbocycles. The van der Waals surface area contributed by atoms with E-state index in [2.05, 4.69) is 51.0 Å². The zero-order valence-corrected chi connectivity index (χ0v) is 18.9. The first-order chi connectivity index (χ1) is 16.1. The Morgan fingerprint density at radius 2 is 1.82 bits per heavy atom. The van der Waals surface area contributed by atoms with E-state index in [0.29, 0.717) is 6.42 Å². The molecule has 6 nitrogen and oxygen atoms in total. The summed E-state index contributed by atoms with van der Waals surface area (Å²) in [5, 5.41) is 14.2. The van der Waals surface area contributed by atoms with Crippen molar-refractivity contribution in [1.29, 1.82) is 0 Å². The number of nitrogens with zero attached hydrogens (tertiary/aromatic N) is 3. The Kier molecular flexibility index (Phi) is 6.09. The van der Waals surface area contributed by atoms with Crippen LogP contribution < -0.4 is 5.32 Å². The number of rotatable bonds is 6. The van der Waals surface area contributed by atoms with Crippen LogP contribution in [-0.2, 0) is 4.79 Å². The molecule has 2 aromatic heterocycles. The van der Waals surface area contributed by atoms with Crippen LogP contribution in [0.15, 0.2) is 67.4 Å². The number of aliphatic hydroxyl groups excluding tert-OH is 1. The largest absolute Gasteiger partial charge is 0.393 e. The van der Waals surface area contributed by atoms with Gasteiger partial charge >= 0.3 is 0 Å². The predicted molar refractivity (Wildman–Crippen MR) is 129 cm³/mol. The van der Waals surface area contributed by atoms with Crippen LogP contribution in [0.4, 0.5) is 5.69 Å². The Morgan fingerprint density at radius 3 is 2.55 bits per heavy atom. The highest BCUT2D eigenvalue weighted by Crippen LogP contribution is 2.45. The van der Waals surface area contributed by atoms with Gasteiger partial charge in [-0.05, 0) is 73.8 Å². The lowest BCUT2D eigenvalue weighted by Crippen LogP contribution is -2.32. The second-order valence-corrected chi connectivity index (χ2v) is 9.25. The Balaban J connectivity index is 1.24. The number of hydrogen-bond acceptors (Lipinski definition) is 4. The third-order valence-corrected chi connectivity index (χ3v) is 7.31. The lowest BCUT2D eigenvalue weighted by Gasteiger charge is -2.32. The number of allylic oxidation sites excluding steroid dienone is 2. The maximum absolute atomic E-state index is 12.7. The van der Waals surface area contributed by atoms with Gasteiger partial charge in [0.05, 0.1) is 30.4 Å². The summed E-state index contributed by atoms with van der Waals surface area (Å²) in [6.07, 6.45) is 10.7. The van der Waals surface area contributed by atoms with Crippen molar-refractivity contribution in [3.63, 3.8) is 0 Å². The number of aromatic nitrogens is 3. The number of carbonyl (C=O) groups excluding carboxylic acids is 1. The molecule has 6 heteroatoms. The lowest BCUT2D eigenvalue weighted by molar-refractivity contribution is -0.121. The molecule has 170 valence electrons. The van der Waals surface area contributed by atoms with E-state index in [9.17, 15) is 9.90 Å². The molecule has 2 N–H and O–H groups in total. The summed E-state index contributed by atoms with van der Waals surface area (Å²) in [6.45, 7) is 2.15. The van der Waals surface area contributed by atoms with Crippen LogP contribution in [0.3, 0.4) is 0 Å². The number of carbonyl (C=O) groups is 1. The van der Waals surface area contributed by atoms with Gasteiger partial charge in [-0.2, -0.15) is 0 Å². The molecule has 1 saturated carbocycles. The van der Waals surface area contributed by atoms with Crippen molar-refractivity contribution in [3.05, 3.63) is 78.6 Å². The van der Waals surface area contributed by atoms with Gasteiger partial charge < -0.3 is 15.0 Å². The van der Waals surface area contributed by atoms with Crippen LogP contribution >= 0.6 is 0 Å². The van der Waals surface area contributed by atoms with Gasteiger partial charge in [0.25, 0.3) is 0 Å². The number of benzene rings is 1. The number of imidazole rings is 1. The molecule has 2 aliphatic rings. The molecule has 3 heterocycles. The summed E-state index contributed by atoms with van der Waals surface area (Å²) < 4.78 is 2.20. The highest BCUT2D eigenvalue weighted by molar-refractivity contribution is 5.94. The van der Waals surface area contributed by atoms with Crippen LogP contribution in [0.5, 0.6) is 0 Å². The van der Waals surface area contributed by atoms with Crippen molar-refractivity contribution in [2.75, 3.05) is 5.32 Å². The van der Waals surface area contributed by atoms with Crippen LogP contribution in [0.25, 0.3) is 11.1 Å². The Morgan fingerprint density at radius 1 is 1.09 bits per heavy atom. The third kappa shape index (κ3) is 4.35. The van der Waals surface area contributed by atoms with E-state index in [4.69, 9.17) is 0 Å². The molecule has 5 rings (SSSR count).